The van der Waals surface area contributed by atoms with E-state index in [1.54, 1.807) is 18.2 Å². The van der Waals surface area contributed by atoms with Gasteiger partial charge in [0.2, 0.25) is 9.84 Å². The van der Waals surface area contributed by atoms with E-state index in [-0.39, 0.29) is 21.2 Å². The highest BCUT2D eigenvalue weighted by atomic mass is 35.5. The molecule has 0 N–H and O–H groups in total. The molecular weight excluding hydrogens is 498 g/mol. The topological polar surface area (TPSA) is 60.4 Å². The summed E-state index contributed by atoms with van der Waals surface area (Å²) in [6, 6.07) is 16.8. The summed E-state index contributed by atoms with van der Waals surface area (Å²) in [5.41, 5.74) is 2.91. The number of esters is 1. The van der Waals surface area contributed by atoms with E-state index in [2.05, 4.69) is 0 Å². The molecule has 34 heavy (non-hydrogen) atoms. The Morgan fingerprint density at radius 2 is 1.68 bits per heavy atom. The number of sulfone groups is 1. The second kappa shape index (κ2) is 9.37. The predicted molar refractivity (Wildman–Crippen MR) is 132 cm³/mol. The van der Waals surface area contributed by atoms with Crippen LogP contribution in [0.1, 0.15) is 11.1 Å². The molecule has 0 radical (unpaired) electrons. The van der Waals surface area contributed by atoms with Gasteiger partial charge in [0.25, 0.3) is 0 Å². The molecule has 0 spiro atoms. The molecule has 0 saturated heterocycles. The fourth-order valence-corrected chi connectivity index (χ4v) is 5.96. The summed E-state index contributed by atoms with van der Waals surface area (Å²) < 4.78 is 45.2. The Bertz CT molecular complexity index is 1530. The summed E-state index contributed by atoms with van der Waals surface area (Å²) >= 11 is 12.0. The molecule has 0 bridgehead atoms. The Morgan fingerprint density at radius 3 is 2.32 bits per heavy atom. The number of carbonyl (C=O) groups is 1. The van der Waals surface area contributed by atoms with Gasteiger partial charge in [-0.05, 0) is 82.4 Å². The van der Waals surface area contributed by atoms with Crippen molar-refractivity contribution in [3.63, 3.8) is 0 Å². The van der Waals surface area contributed by atoms with E-state index < -0.39 is 21.6 Å². The molecule has 8 heteroatoms. The number of carbonyl (C=O) groups excluding carboxylic acids is 1. The van der Waals surface area contributed by atoms with Gasteiger partial charge in [0.1, 0.15) is 5.82 Å². The first kappa shape index (κ1) is 24.2. The standard InChI is InChI=1S/C26H19Cl2FO4S/c1-15-18(12-25(30)33-2)11-17-3-7-20(29)14-22(17)26(15)16-4-8-21(9-5-16)34(31,32)24-10-6-19(27)13-23(24)28/h3-11,13-14H,12H2,1-2H3. The van der Waals surface area contributed by atoms with Crippen LogP contribution in [0, 0.1) is 12.7 Å². The van der Waals surface area contributed by atoms with E-state index in [0.29, 0.717) is 21.5 Å². The summed E-state index contributed by atoms with van der Waals surface area (Å²) in [7, 11) is -2.56. The van der Waals surface area contributed by atoms with Gasteiger partial charge in [-0.2, -0.15) is 0 Å². The average molecular weight is 517 g/mol. The third-order valence-electron chi connectivity index (χ3n) is 5.67. The number of rotatable bonds is 5. The molecule has 0 aliphatic carbocycles. The SMILES string of the molecule is COC(=O)Cc1cc2ccc(F)cc2c(-c2ccc(S(=O)(=O)c3ccc(Cl)cc3Cl)cc2)c1C. The van der Waals surface area contributed by atoms with Crippen LogP contribution >= 0.6 is 23.2 Å². The maximum atomic E-state index is 14.1. The number of hydrogen-bond donors (Lipinski definition) is 0. The molecule has 0 unspecified atom stereocenters. The van der Waals surface area contributed by atoms with Crippen molar-refractivity contribution in [1.29, 1.82) is 0 Å². The average Bonchev–Trinajstić information content (AvgIpc) is 2.79. The van der Waals surface area contributed by atoms with Crippen molar-refractivity contribution in [3.05, 3.63) is 93.7 Å². The third kappa shape index (κ3) is 4.53. The maximum absolute atomic E-state index is 14.1. The van der Waals surface area contributed by atoms with E-state index in [1.807, 2.05) is 13.0 Å². The zero-order valence-corrected chi connectivity index (χ0v) is 20.6. The Kier molecular flexibility index (Phi) is 6.67. The summed E-state index contributed by atoms with van der Waals surface area (Å²) in [5.74, 6) is -0.790. The quantitative estimate of drug-likeness (QED) is 0.273. The van der Waals surface area contributed by atoms with Gasteiger partial charge in [-0.15, -0.1) is 0 Å². The van der Waals surface area contributed by atoms with Crippen LogP contribution in [0.3, 0.4) is 0 Å². The Hall–Kier alpha value is -2.93. The Balaban J connectivity index is 1.86. The van der Waals surface area contributed by atoms with Gasteiger partial charge in [0, 0.05) is 5.02 Å². The second-order valence-electron chi connectivity index (χ2n) is 7.76. The lowest BCUT2D eigenvalue weighted by molar-refractivity contribution is -0.139. The smallest absolute Gasteiger partial charge is 0.309 e. The predicted octanol–water partition coefficient (Wildman–Crippen LogP) is 6.81. The third-order valence-corrected chi connectivity index (χ3v) is 8.16. The highest BCUT2D eigenvalue weighted by molar-refractivity contribution is 7.91. The first-order valence-corrected chi connectivity index (χ1v) is 12.4. The minimum Gasteiger partial charge on any atom is -0.469 e. The lowest BCUT2D eigenvalue weighted by atomic mass is 9.89. The molecule has 0 aliphatic rings. The van der Waals surface area contributed by atoms with Gasteiger partial charge in [-0.1, -0.05) is 47.5 Å². The first-order valence-electron chi connectivity index (χ1n) is 10.2. The van der Waals surface area contributed by atoms with Crippen molar-refractivity contribution < 1.29 is 22.3 Å². The highest BCUT2D eigenvalue weighted by Crippen LogP contribution is 2.37. The van der Waals surface area contributed by atoms with Gasteiger partial charge in [-0.25, -0.2) is 12.8 Å². The summed E-state index contributed by atoms with van der Waals surface area (Å²) in [5, 5.41) is 1.78. The lowest BCUT2D eigenvalue weighted by Crippen LogP contribution is -2.07. The zero-order valence-electron chi connectivity index (χ0n) is 18.2. The lowest BCUT2D eigenvalue weighted by Gasteiger charge is -2.16. The van der Waals surface area contributed by atoms with Crippen LogP contribution in [0.4, 0.5) is 4.39 Å². The second-order valence-corrected chi connectivity index (χ2v) is 10.5. The number of benzene rings is 4. The molecule has 0 saturated carbocycles. The zero-order chi connectivity index (χ0) is 24.6. The Morgan fingerprint density at radius 1 is 0.971 bits per heavy atom. The Labute approximate surface area is 206 Å². The van der Waals surface area contributed by atoms with Crippen molar-refractivity contribution in [2.75, 3.05) is 7.11 Å². The number of hydrogen-bond acceptors (Lipinski definition) is 4. The van der Waals surface area contributed by atoms with E-state index >= 15 is 0 Å². The largest absolute Gasteiger partial charge is 0.469 e. The molecule has 4 nitrogen and oxygen atoms in total. The van der Waals surface area contributed by atoms with Crippen LogP contribution in [-0.4, -0.2) is 21.5 Å². The van der Waals surface area contributed by atoms with Crippen molar-refractivity contribution in [2.45, 2.75) is 23.1 Å². The summed E-state index contributed by atoms with van der Waals surface area (Å²) in [4.78, 5) is 12.0. The van der Waals surface area contributed by atoms with Gasteiger partial charge in [0.15, 0.2) is 0 Å². The van der Waals surface area contributed by atoms with Crippen molar-refractivity contribution >= 4 is 49.8 Å². The molecule has 4 rings (SSSR count). The van der Waals surface area contributed by atoms with Crippen LogP contribution in [0.5, 0.6) is 0 Å². The van der Waals surface area contributed by atoms with E-state index in [0.717, 1.165) is 16.5 Å². The summed E-state index contributed by atoms with van der Waals surface area (Å²) in [6.45, 7) is 1.84. The van der Waals surface area contributed by atoms with E-state index in [4.69, 9.17) is 27.9 Å². The van der Waals surface area contributed by atoms with Crippen molar-refractivity contribution in [2.24, 2.45) is 0 Å². The number of halogens is 3. The molecule has 0 aliphatic heterocycles. The van der Waals surface area contributed by atoms with Gasteiger partial charge in [0.05, 0.1) is 28.3 Å². The van der Waals surface area contributed by atoms with Crippen molar-refractivity contribution in [1.82, 2.24) is 0 Å². The molecule has 4 aromatic rings. The fourth-order valence-electron chi connectivity index (χ4n) is 3.93. The van der Waals surface area contributed by atoms with Crippen LogP contribution in [0.2, 0.25) is 10.0 Å². The highest BCUT2D eigenvalue weighted by Gasteiger charge is 2.22. The van der Waals surface area contributed by atoms with Crippen LogP contribution in [0.15, 0.2) is 76.5 Å². The minimum absolute atomic E-state index is 0.0319. The number of ether oxygens (including phenoxy) is 1. The number of methoxy groups -OCH3 is 1. The van der Waals surface area contributed by atoms with Crippen LogP contribution in [-0.2, 0) is 25.8 Å². The van der Waals surface area contributed by atoms with Gasteiger partial charge >= 0.3 is 5.97 Å². The van der Waals surface area contributed by atoms with Crippen LogP contribution < -0.4 is 0 Å². The normalized spacial score (nSPS) is 11.6. The number of fused-ring (bicyclic) bond motifs is 1. The molecule has 0 aromatic heterocycles. The first-order chi connectivity index (χ1) is 16.1. The molecule has 4 aromatic carbocycles. The fraction of sp³-hybridized carbons (Fsp3) is 0.115. The molecule has 0 atom stereocenters. The molecule has 0 heterocycles. The van der Waals surface area contributed by atoms with E-state index in [1.165, 1.54) is 49.6 Å². The minimum atomic E-state index is -3.88. The van der Waals surface area contributed by atoms with Gasteiger partial charge in [-0.3, -0.25) is 4.79 Å². The molecule has 0 fully saturated rings. The molecule has 0 amide bonds. The van der Waals surface area contributed by atoms with Crippen molar-refractivity contribution in [3.8, 4) is 11.1 Å². The molecule has 174 valence electrons. The monoisotopic (exact) mass is 516 g/mol. The summed E-state index contributed by atoms with van der Waals surface area (Å²) in [6.07, 6.45) is 0.0597. The van der Waals surface area contributed by atoms with Crippen LogP contribution in [0.25, 0.3) is 21.9 Å². The van der Waals surface area contributed by atoms with Gasteiger partial charge < -0.3 is 4.74 Å². The molecular formula is C26H19Cl2FO4S. The maximum Gasteiger partial charge on any atom is 0.309 e. The van der Waals surface area contributed by atoms with E-state index in [9.17, 15) is 17.6 Å².